The molecule has 1 heterocycles. The van der Waals surface area contributed by atoms with Crippen molar-refractivity contribution in [2.24, 2.45) is 0 Å². The molecular formula is C8H9ClN2. The summed E-state index contributed by atoms with van der Waals surface area (Å²) in [7, 11) is 0. The molecule has 58 valence electrons. The summed E-state index contributed by atoms with van der Waals surface area (Å²) in [6, 6.07) is 1.80. The minimum Gasteiger partial charge on any atom is -0.383 e. The van der Waals surface area contributed by atoms with Gasteiger partial charge < -0.3 is 5.73 Å². The summed E-state index contributed by atoms with van der Waals surface area (Å²) in [6.45, 7) is 3.60. The molecule has 0 saturated carbocycles. The molecule has 1 aromatic heterocycles. The molecule has 0 fully saturated rings. The summed E-state index contributed by atoms with van der Waals surface area (Å²) in [5.74, 6) is 0.523. The smallest absolute Gasteiger partial charge is 0.126 e. The molecule has 0 amide bonds. The van der Waals surface area contributed by atoms with Crippen LogP contribution >= 0.6 is 11.6 Å². The lowest BCUT2D eigenvalue weighted by molar-refractivity contribution is 1.20. The van der Waals surface area contributed by atoms with Crippen LogP contribution in [0.4, 0.5) is 5.82 Å². The Bertz CT molecular complexity index is 271. The van der Waals surface area contributed by atoms with E-state index in [1.807, 2.05) is 0 Å². The molecule has 0 saturated heterocycles. The number of nitrogen functional groups attached to an aromatic ring is 1. The predicted octanol–water partition coefficient (Wildman–Crippen LogP) is 2.05. The highest BCUT2D eigenvalue weighted by Gasteiger charge is 1.98. The maximum atomic E-state index is 5.70. The van der Waals surface area contributed by atoms with Crippen LogP contribution in [0.25, 0.3) is 0 Å². The molecule has 0 spiro atoms. The van der Waals surface area contributed by atoms with Crippen LogP contribution in [0.2, 0.25) is 5.02 Å². The summed E-state index contributed by atoms with van der Waals surface area (Å²) in [5, 5.41) is 0.607. The van der Waals surface area contributed by atoms with Gasteiger partial charge in [-0.2, -0.15) is 0 Å². The van der Waals surface area contributed by atoms with Gasteiger partial charge in [0.2, 0.25) is 0 Å². The SMILES string of the molecule is C=CCc1cc(Cl)cnc1N. The Hall–Kier alpha value is -1.02. The Morgan fingerprint density at radius 3 is 3.09 bits per heavy atom. The fourth-order valence-electron chi connectivity index (χ4n) is 0.811. The second-order valence-electron chi connectivity index (χ2n) is 2.19. The summed E-state index contributed by atoms with van der Waals surface area (Å²) in [6.07, 6.45) is 4.01. The van der Waals surface area contributed by atoms with Crippen LogP contribution in [0, 0.1) is 0 Å². The van der Waals surface area contributed by atoms with Crippen molar-refractivity contribution in [1.82, 2.24) is 4.98 Å². The number of halogens is 1. The predicted molar refractivity (Wildman–Crippen MR) is 47.6 cm³/mol. The standard InChI is InChI=1S/C8H9ClN2/c1-2-3-6-4-7(9)5-11-8(6)10/h2,4-5H,1,3H2,(H2,10,11). The van der Waals surface area contributed by atoms with Gasteiger partial charge in [0.15, 0.2) is 0 Å². The topological polar surface area (TPSA) is 38.9 Å². The fraction of sp³-hybridized carbons (Fsp3) is 0.125. The van der Waals surface area contributed by atoms with Crippen LogP contribution in [0.15, 0.2) is 24.9 Å². The number of allylic oxidation sites excluding steroid dienone is 1. The molecule has 2 nitrogen and oxygen atoms in total. The molecule has 1 aromatic rings. The van der Waals surface area contributed by atoms with E-state index in [4.69, 9.17) is 17.3 Å². The van der Waals surface area contributed by atoms with Gasteiger partial charge in [0.1, 0.15) is 5.82 Å². The van der Waals surface area contributed by atoms with E-state index in [1.165, 1.54) is 6.20 Å². The number of nitrogens with two attached hydrogens (primary N) is 1. The fourth-order valence-corrected chi connectivity index (χ4v) is 0.991. The van der Waals surface area contributed by atoms with E-state index in [1.54, 1.807) is 12.1 Å². The number of hydrogen-bond acceptors (Lipinski definition) is 2. The van der Waals surface area contributed by atoms with Crippen molar-refractivity contribution in [3.05, 3.63) is 35.5 Å². The normalized spacial score (nSPS) is 9.55. The Kier molecular flexibility index (Phi) is 2.49. The number of rotatable bonds is 2. The molecule has 0 aliphatic carbocycles. The molecule has 0 bridgehead atoms. The highest BCUT2D eigenvalue weighted by atomic mass is 35.5. The van der Waals surface area contributed by atoms with Gasteiger partial charge in [-0.05, 0) is 18.1 Å². The van der Waals surface area contributed by atoms with Crippen LogP contribution in [-0.2, 0) is 6.42 Å². The molecule has 3 heteroatoms. The zero-order valence-electron chi connectivity index (χ0n) is 6.05. The van der Waals surface area contributed by atoms with Crippen LogP contribution in [0.3, 0.4) is 0 Å². The molecule has 0 aliphatic rings. The van der Waals surface area contributed by atoms with Gasteiger partial charge in [-0.3, -0.25) is 0 Å². The molecule has 2 N–H and O–H groups in total. The average molecular weight is 169 g/mol. The van der Waals surface area contributed by atoms with Gasteiger partial charge >= 0.3 is 0 Å². The summed E-state index contributed by atoms with van der Waals surface area (Å²) in [4.78, 5) is 3.90. The quantitative estimate of drug-likeness (QED) is 0.687. The van der Waals surface area contributed by atoms with Crippen molar-refractivity contribution < 1.29 is 0 Å². The molecule has 0 unspecified atom stereocenters. The van der Waals surface area contributed by atoms with Crippen LogP contribution in [0.1, 0.15) is 5.56 Å². The molecular weight excluding hydrogens is 160 g/mol. The third-order valence-corrected chi connectivity index (χ3v) is 1.54. The van der Waals surface area contributed by atoms with Gasteiger partial charge in [0.05, 0.1) is 5.02 Å². The minimum atomic E-state index is 0.523. The average Bonchev–Trinajstić information content (AvgIpc) is 1.98. The van der Waals surface area contributed by atoms with Crippen molar-refractivity contribution in [2.75, 3.05) is 5.73 Å². The van der Waals surface area contributed by atoms with E-state index < -0.39 is 0 Å². The molecule has 11 heavy (non-hydrogen) atoms. The summed E-state index contributed by atoms with van der Waals surface area (Å²) >= 11 is 5.70. The Balaban J connectivity index is 3.01. The Morgan fingerprint density at radius 2 is 2.45 bits per heavy atom. The lowest BCUT2D eigenvalue weighted by Gasteiger charge is -2.00. The number of aromatic nitrogens is 1. The van der Waals surface area contributed by atoms with Gasteiger partial charge in [0.25, 0.3) is 0 Å². The van der Waals surface area contributed by atoms with Crippen LogP contribution < -0.4 is 5.73 Å². The van der Waals surface area contributed by atoms with Crippen molar-refractivity contribution in [2.45, 2.75) is 6.42 Å². The second-order valence-corrected chi connectivity index (χ2v) is 2.63. The zero-order valence-corrected chi connectivity index (χ0v) is 6.80. The minimum absolute atomic E-state index is 0.523. The maximum absolute atomic E-state index is 5.70. The third kappa shape index (κ3) is 1.95. The highest BCUT2D eigenvalue weighted by molar-refractivity contribution is 6.30. The first-order chi connectivity index (χ1) is 5.24. The highest BCUT2D eigenvalue weighted by Crippen LogP contribution is 2.15. The molecule has 0 aromatic carbocycles. The molecule has 0 radical (unpaired) electrons. The largest absolute Gasteiger partial charge is 0.383 e. The second kappa shape index (κ2) is 3.39. The van der Waals surface area contributed by atoms with Crippen molar-refractivity contribution in [1.29, 1.82) is 0 Å². The van der Waals surface area contributed by atoms with Gasteiger partial charge in [-0.15, -0.1) is 6.58 Å². The van der Waals surface area contributed by atoms with Crippen molar-refractivity contribution in [3.8, 4) is 0 Å². The van der Waals surface area contributed by atoms with E-state index in [0.717, 1.165) is 5.56 Å². The number of pyridine rings is 1. The lowest BCUT2D eigenvalue weighted by Crippen LogP contribution is -1.95. The van der Waals surface area contributed by atoms with E-state index in [2.05, 4.69) is 11.6 Å². The maximum Gasteiger partial charge on any atom is 0.126 e. The van der Waals surface area contributed by atoms with E-state index in [0.29, 0.717) is 17.3 Å². The first-order valence-corrected chi connectivity index (χ1v) is 3.62. The first kappa shape index (κ1) is 8.08. The Morgan fingerprint density at radius 1 is 1.73 bits per heavy atom. The third-order valence-electron chi connectivity index (χ3n) is 1.33. The van der Waals surface area contributed by atoms with Crippen LogP contribution in [-0.4, -0.2) is 4.98 Å². The van der Waals surface area contributed by atoms with Crippen LogP contribution in [0.5, 0.6) is 0 Å². The van der Waals surface area contributed by atoms with E-state index in [9.17, 15) is 0 Å². The monoisotopic (exact) mass is 168 g/mol. The van der Waals surface area contributed by atoms with Gasteiger partial charge in [-0.1, -0.05) is 17.7 Å². The Labute approximate surface area is 70.7 Å². The molecule has 0 atom stereocenters. The van der Waals surface area contributed by atoms with Crippen molar-refractivity contribution in [3.63, 3.8) is 0 Å². The molecule has 0 aliphatic heterocycles. The first-order valence-electron chi connectivity index (χ1n) is 3.25. The van der Waals surface area contributed by atoms with E-state index in [-0.39, 0.29) is 0 Å². The summed E-state index contributed by atoms with van der Waals surface area (Å²) in [5.41, 5.74) is 6.48. The summed E-state index contributed by atoms with van der Waals surface area (Å²) < 4.78 is 0. The number of nitrogens with zero attached hydrogens (tertiary/aromatic N) is 1. The zero-order chi connectivity index (χ0) is 8.27. The molecule has 1 rings (SSSR count). The number of anilines is 1. The van der Waals surface area contributed by atoms with Gasteiger partial charge in [-0.25, -0.2) is 4.98 Å². The van der Waals surface area contributed by atoms with Gasteiger partial charge in [0, 0.05) is 6.20 Å². The lowest BCUT2D eigenvalue weighted by atomic mass is 10.2. The van der Waals surface area contributed by atoms with Crippen molar-refractivity contribution >= 4 is 17.4 Å². The van der Waals surface area contributed by atoms with E-state index >= 15 is 0 Å². The number of hydrogen-bond donors (Lipinski definition) is 1.